The van der Waals surface area contributed by atoms with Crippen LogP contribution in [-0.2, 0) is 19.1 Å². The van der Waals surface area contributed by atoms with Crippen LogP contribution in [0.4, 0.5) is 4.79 Å². The highest BCUT2D eigenvalue weighted by Gasteiger charge is 2.42. The van der Waals surface area contributed by atoms with E-state index in [-0.39, 0.29) is 19.6 Å². The van der Waals surface area contributed by atoms with Gasteiger partial charge >= 0.3 is 12.1 Å². The summed E-state index contributed by atoms with van der Waals surface area (Å²) in [5.74, 6) is -1.99. The molecule has 6 heteroatoms. The van der Waals surface area contributed by atoms with Crippen LogP contribution in [-0.4, -0.2) is 41.6 Å². The smallest absolute Gasteiger partial charge is 0.417 e. The Kier molecular flexibility index (Phi) is 4.32. The van der Waals surface area contributed by atoms with Gasteiger partial charge in [0.1, 0.15) is 11.5 Å². The molecule has 102 valence electrons. The van der Waals surface area contributed by atoms with Crippen LogP contribution in [0.3, 0.4) is 0 Å². The maximum Gasteiger partial charge on any atom is 0.417 e. The van der Waals surface area contributed by atoms with Crippen molar-refractivity contribution in [2.24, 2.45) is 5.92 Å². The van der Waals surface area contributed by atoms with E-state index < -0.39 is 29.5 Å². The lowest BCUT2D eigenvalue weighted by Gasteiger charge is -2.23. The SMILES string of the molecule is CCOC(=O)C1CCN(C(=O)OC(C)(C)C)C1=O. The second kappa shape index (κ2) is 5.37. The van der Waals surface area contributed by atoms with Crippen LogP contribution in [0.1, 0.15) is 34.1 Å². The lowest BCUT2D eigenvalue weighted by molar-refractivity contribution is -0.152. The van der Waals surface area contributed by atoms with Crippen molar-refractivity contribution in [3.8, 4) is 0 Å². The van der Waals surface area contributed by atoms with Crippen LogP contribution in [0.25, 0.3) is 0 Å². The normalized spacial score (nSPS) is 19.9. The third-order valence-electron chi connectivity index (χ3n) is 2.39. The number of hydrogen-bond donors (Lipinski definition) is 0. The monoisotopic (exact) mass is 257 g/mol. The number of imide groups is 1. The Morgan fingerprint density at radius 1 is 1.39 bits per heavy atom. The van der Waals surface area contributed by atoms with Gasteiger partial charge < -0.3 is 9.47 Å². The van der Waals surface area contributed by atoms with Gasteiger partial charge in [-0.25, -0.2) is 9.69 Å². The fourth-order valence-electron chi connectivity index (χ4n) is 1.64. The highest BCUT2D eigenvalue weighted by Crippen LogP contribution is 2.22. The lowest BCUT2D eigenvalue weighted by Crippen LogP contribution is -2.39. The quantitative estimate of drug-likeness (QED) is 0.551. The summed E-state index contributed by atoms with van der Waals surface area (Å²) in [6, 6.07) is 0. The van der Waals surface area contributed by atoms with E-state index in [0.29, 0.717) is 0 Å². The Morgan fingerprint density at radius 2 is 2.00 bits per heavy atom. The van der Waals surface area contributed by atoms with Crippen molar-refractivity contribution in [2.75, 3.05) is 13.2 Å². The number of carbonyl (C=O) groups is 3. The van der Waals surface area contributed by atoms with Gasteiger partial charge in [0, 0.05) is 6.54 Å². The van der Waals surface area contributed by atoms with E-state index in [9.17, 15) is 14.4 Å². The van der Waals surface area contributed by atoms with E-state index in [4.69, 9.17) is 9.47 Å². The molecule has 1 unspecified atom stereocenters. The van der Waals surface area contributed by atoms with Crippen molar-refractivity contribution in [2.45, 2.75) is 39.7 Å². The molecule has 0 aliphatic carbocycles. The van der Waals surface area contributed by atoms with Gasteiger partial charge in [0.05, 0.1) is 6.61 Å². The Balaban J connectivity index is 2.65. The topological polar surface area (TPSA) is 72.9 Å². The molecule has 0 aromatic heterocycles. The molecule has 1 rings (SSSR count). The van der Waals surface area contributed by atoms with Crippen molar-refractivity contribution in [1.29, 1.82) is 0 Å². The van der Waals surface area contributed by atoms with E-state index in [0.717, 1.165) is 4.90 Å². The Hall–Kier alpha value is -1.59. The second-order valence-corrected chi connectivity index (χ2v) is 5.06. The molecule has 0 bridgehead atoms. The molecule has 0 saturated carbocycles. The van der Waals surface area contributed by atoms with Gasteiger partial charge in [-0.15, -0.1) is 0 Å². The first-order chi connectivity index (χ1) is 8.26. The number of ether oxygens (including phenoxy) is 2. The van der Waals surface area contributed by atoms with Crippen LogP contribution >= 0.6 is 0 Å². The molecule has 1 atom stereocenters. The van der Waals surface area contributed by atoms with E-state index in [1.807, 2.05) is 0 Å². The molecule has 0 N–H and O–H groups in total. The first kappa shape index (κ1) is 14.5. The fourth-order valence-corrected chi connectivity index (χ4v) is 1.64. The predicted octanol–water partition coefficient (Wildman–Crippen LogP) is 1.33. The number of nitrogens with zero attached hydrogens (tertiary/aromatic N) is 1. The summed E-state index contributed by atoms with van der Waals surface area (Å²) in [4.78, 5) is 36.1. The maximum atomic E-state index is 11.9. The first-order valence-corrected chi connectivity index (χ1v) is 5.97. The minimum atomic E-state index is -0.877. The zero-order valence-corrected chi connectivity index (χ0v) is 11.2. The summed E-state index contributed by atoms with van der Waals surface area (Å²) < 4.78 is 9.88. The minimum Gasteiger partial charge on any atom is -0.465 e. The Labute approximate surface area is 106 Å². The van der Waals surface area contributed by atoms with Gasteiger partial charge in [-0.3, -0.25) is 9.59 Å². The molecular weight excluding hydrogens is 238 g/mol. The minimum absolute atomic E-state index is 0.192. The molecule has 1 aliphatic rings. The molecule has 2 amide bonds. The molecule has 0 aromatic rings. The summed E-state index contributed by atoms with van der Waals surface area (Å²) in [6.45, 7) is 7.23. The third kappa shape index (κ3) is 3.45. The van der Waals surface area contributed by atoms with Gasteiger partial charge in [-0.2, -0.15) is 0 Å². The van der Waals surface area contributed by atoms with Crippen LogP contribution < -0.4 is 0 Å². The largest absolute Gasteiger partial charge is 0.465 e. The molecule has 18 heavy (non-hydrogen) atoms. The van der Waals surface area contributed by atoms with Gasteiger partial charge in [-0.05, 0) is 34.1 Å². The summed E-state index contributed by atoms with van der Waals surface area (Å²) >= 11 is 0. The van der Waals surface area contributed by atoms with Crippen molar-refractivity contribution in [3.63, 3.8) is 0 Å². The van der Waals surface area contributed by atoms with Crippen molar-refractivity contribution in [1.82, 2.24) is 4.90 Å². The average Bonchev–Trinajstić information content (AvgIpc) is 2.57. The molecule has 1 aliphatic heterocycles. The number of hydrogen-bond acceptors (Lipinski definition) is 5. The van der Waals surface area contributed by atoms with E-state index >= 15 is 0 Å². The van der Waals surface area contributed by atoms with Gasteiger partial charge in [0.25, 0.3) is 0 Å². The zero-order valence-electron chi connectivity index (χ0n) is 11.2. The summed E-state index contributed by atoms with van der Waals surface area (Å²) in [5, 5.41) is 0. The van der Waals surface area contributed by atoms with Crippen molar-refractivity contribution in [3.05, 3.63) is 0 Å². The maximum absolute atomic E-state index is 11.9. The number of amides is 2. The van der Waals surface area contributed by atoms with E-state index in [2.05, 4.69) is 0 Å². The predicted molar refractivity (Wildman–Crippen MR) is 62.7 cm³/mol. The molecule has 6 nitrogen and oxygen atoms in total. The number of likely N-dealkylation sites (tertiary alicyclic amines) is 1. The van der Waals surface area contributed by atoms with Crippen molar-refractivity contribution >= 4 is 18.0 Å². The van der Waals surface area contributed by atoms with Crippen LogP contribution in [0, 0.1) is 5.92 Å². The first-order valence-electron chi connectivity index (χ1n) is 5.97. The standard InChI is InChI=1S/C12H19NO5/c1-5-17-10(15)8-6-7-13(9(8)14)11(16)18-12(2,3)4/h8H,5-7H2,1-4H3. The zero-order chi connectivity index (χ0) is 13.9. The molecule has 0 spiro atoms. The van der Waals surface area contributed by atoms with Crippen LogP contribution in [0.15, 0.2) is 0 Å². The number of carbonyl (C=O) groups excluding carboxylic acids is 3. The third-order valence-corrected chi connectivity index (χ3v) is 2.39. The highest BCUT2D eigenvalue weighted by molar-refractivity contribution is 6.05. The van der Waals surface area contributed by atoms with E-state index in [1.165, 1.54) is 0 Å². The van der Waals surface area contributed by atoms with Gasteiger partial charge in [-0.1, -0.05) is 0 Å². The summed E-state index contributed by atoms with van der Waals surface area (Å²) in [6.07, 6.45) is -0.420. The highest BCUT2D eigenvalue weighted by atomic mass is 16.6. The van der Waals surface area contributed by atoms with Gasteiger partial charge in [0.2, 0.25) is 5.91 Å². The van der Waals surface area contributed by atoms with Crippen LogP contribution in [0.2, 0.25) is 0 Å². The Morgan fingerprint density at radius 3 is 2.50 bits per heavy atom. The average molecular weight is 257 g/mol. The molecular formula is C12H19NO5. The second-order valence-electron chi connectivity index (χ2n) is 5.06. The fraction of sp³-hybridized carbons (Fsp3) is 0.750. The Bertz CT molecular complexity index is 358. The molecule has 1 heterocycles. The summed E-state index contributed by atoms with van der Waals surface area (Å²) in [7, 11) is 0. The van der Waals surface area contributed by atoms with Gasteiger partial charge in [0.15, 0.2) is 0 Å². The van der Waals surface area contributed by atoms with E-state index in [1.54, 1.807) is 27.7 Å². The lowest BCUT2D eigenvalue weighted by atomic mass is 10.1. The molecule has 0 radical (unpaired) electrons. The number of esters is 1. The molecule has 1 saturated heterocycles. The molecule has 0 aromatic carbocycles. The molecule has 1 fully saturated rings. The van der Waals surface area contributed by atoms with Crippen molar-refractivity contribution < 1.29 is 23.9 Å². The van der Waals surface area contributed by atoms with Crippen LogP contribution in [0.5, 0.6) is 0 Å². The summed E-state index contributed by atoms with van der Waals surface area (Å²) in [5.41, 5.74) is -0.667. The number of rotatable bonds is 2.